The average Bonchev–Trinajstić information content (AvgIpc) is 2.60. The second-order valence-electron chi connectivity index (χ2n) is 4.75. The first-order chi connectivity index (χ1) is 11.3. The van der Waals surface area contributed by atoms with E-state index in [1.807, 2.05) is 18.2 Å². The van der Waals surface area contributed by atoms with Gasteiger partial charge in [-0.25, -0.2) is 14.4 Å². The molecule has 0 saturated heterocycles. The van der Waals surface area contributed by atoms with Crippen molar-refractivity contribution in [2.24, 2.45) is 0 Å². The Bertz CT molecular complexity index is 845. The summed E-state index contributed by atoms with van der Waals surface area (Å²) in [5.41, 5.74) is 1.54. The lowest BCUT2D eigenvalue weighted by atomic mass is 10.0. The highest BCUT2D eigenvalue weighted by molar-refractivity contribution is 5.50. The van der Waals surface area contributed by atoms with Crippen LogP contribution in [0.5, 0.6) is 0 Å². The van der Waals surface area contributed by atoms with Crippen molar-refractivity contribution in [2.75, 3.05) is 5.32 Å². The summed E-state index contributed by atoms with van der Waals surface area (Å²) >= 11 is 0. The van der Waals surface area contributed by atoms with Gasteiger partial charge in [0, 0.05) is 18.6 Å². The molecule has 6 heteroatoms. The van der Waals surface area contributed by atoms with Crippen molar-refractivity contribution in [1.29, 1.82) is 5.26 Å². The van der Waals surface area contributed by atoms with E-state index < -0.39 is 6.04 Å². The maximum absolute atomic E-state index is 13.6. The van der Waals surface area contributed by atoms with Gasteiger partial charge in [0.25, 0.3) is 0 Å². The summed E-state index contributed by atoms with van der Waals surface area (Å²) < 4.78 is 13.6. The number of halogens is 1. The first-order valence-corrected chi connectivity index (χ1v) is 6.92. The van der Waals surface area contributed by atoms with Crippen LogP contribution in [0.2, 0.25) is 0 Å². The minimum absolute atomic E-state index is 0.171. The summed E-state index contributed by atoms with van der Waals surface area (Å²) in [6.45, 7) is 0. The Morgan fingerprint density at radius 1 is 1.00 bits per heavy atom. The zero-order valence-corrected chi connectivity index (χ0v) is 12.0. The third kappa shape index (κ3) is 3.30. The zero-order chi connectivity index (χ0) is 16.1. The van der Waals surface area contributed by atoms with Crippen LogP contribution in [0.4, 0.5) is 10.2 Å². The largest absolute Gasteiger partial charge is 0.355 e. The first-order valence-electron chi connectivity index (χ1n) is 6.92. The van der Waals surface area contributed by atoms with Crippen LogP contribution in [-0.4, -0.2) is 15.0 Å². The molecule has 3 aromatic rings. The van der Waals surface area contributed by atoms with E-state index in [-0.39, 0.29) is 11.5 Å². The smallest absolute Gasteiger partial charge is 0.183 e. The van der Waals surface area contributed by atoms with Gasteiger partial charge in [0.2, 0.25) is 0 Å². The molecular weight excluding hydrogens is 293 g/mol. The predicted octanol–water partition coefficient (Wildman–Crippen LogP) is 3.08. The molecule has 3 rings (SSSR count). The van der Waals surface area contributed by atoms with Crippen LogP contribution in [0.1, 0.15) is 23.0 Å². The van der Waals surface area contributed by atoms with Gasteiger partial charge in [-0.15, -0.1) is 0 Å². The van der Waals surface area contributed by atoms with E-state index in [1.54, 1.807) is 24.4 Å². The van der Waals surface area contributed by atoms with E-state index in [4.69, 9.17) is 5.26 Å². The van der Waals surface area contributed by atoms with Gasteiger partial charge >= 0.3 is 0 Å². The van der Waals surface area contributed by atoms with Gasteiger partial charge < -0.3 is 5.32 Å². The average molecular weight is 305 g/mol. The molecule has 0 saturated carbocycles. The van der Waals surface area contributed by atoms with Gasteiger partial charge in [0.05, 0.1) is 11.7 Å². The van der Waals surface area contributed by atoms with Crippen LogP contribution in [0.3, 0.4) is 0 Å². The molecule has 0 radical (unpaired) electrons. The van der Waals surface area contributed by atoms with E-state index in [1.165, 1.54) is 24.5 Å². The maximum atomic E-state index is 13.6. The number of nitriles is 1. The Morgan fingerprint density at radius 2 is 1.87 bits per heavy atom. The quantitative estimate of drug-likeness (QED) is 0.801. The molecule has 2 aromatic heterocycles. The SMILES string of the molecule is N#Cc1nccnc1N[C@@H](c1cccc(F)c1)c1ccccn1. The van der Waals surface area contributed by atoms with E-state index in [9.17, 15) is 4.39 Å². The van der Waals surface area contributed by atoms with Crippen LogP contribution >= 0.6 is 0 Å². The summed E-state index contributed by atoms with van der Waals surface area (Å²) in [5, 5.41) is 12.3. The number of hydrogen-bond donors (Lipinski definition) is 1. The molecule has 112 valence electrons. The number of aromatic nitrogens is 3. The maximum Gasteiger partial charge on any atom is 0.183 e. The van der Waals surface area contributed by atoms with Gasteiger partial charge in [-0.2, -0.15) is 5.26 Å². The Kier molecular flexibility index (Phi) is 4.20. The van der Waals surface area contributed by atoms with Gasteiger partial charge in [-0.05, 0) is 29.8 Å². The van der Waals surface area contributed by atoms with Gasteiger partial charge in [0.1, 0.15) is 11.9 Å². The zero-order valence-electron chi connectivity index (χ0n) is 12.0. The molecule has 0 aliphatic rings. The molecule has 1 N–H and O–H groups in total. The molecule has 1 atom stereocenters. The third-order valence-corrected chi connectivity index (χ3v) is 3.25. The normalized spacial score (nSPS) is 11.5. The molecular formula is C17H12FN5. The fourth-order valence-electron chi connectivity index (χ4n) is 2.22. The van der Waals surface area contributed by atoms with Crippen molar-refractivity contribution >= 4 is 5.82 Å². The van der Waals surface area contributed by atoms with E-state index in [0.29, 0.717) is 17.1 Å². The minimum Gasteiger partial charge on any atom is -0.355 e. The molecule has 2 heterocycles. The number of nitrogens with one attached hydrogen (secondary N) is 1. The summed E-state index contributed by atoms with van der Waals surface area (Å²) in [7, 11) is 0. The molecule has 0 amide bonds. The highest BCUT2D eigenvalue weighted by Crippen LogP contribution is 2.25. The van der Waals surface area contributed by atoms with E-state index in [0.717, 1.165) is 0 Å². The number of benzene rings is 1. The summed E-state index contributed by atoms with van der Waals surface area (Å²) in [6, 6.07) is 13.2. The fourth-order valence-corrected chi connectivity index (χ4v) is 2.22. The van der Waals surface area contributed by atoms with E-state index >= 15 is 0 Å². The molecule has 0 bridgehead atoms. The Hall–Kier alpha value is -3.33. The lowest BCUT2D eigenvalue weighted by Crippen LogP contribution is -2.16. The molecule has 0 aliphatic carbocycles. The van der Waals surface area contributed by atoms with Gasteiger partial charge in [-0.1, -0.05) is 18.2 Å². The van der Waals surface area contributed by atoms with Crippen LogP contribution in [0, 0.1) is 17.1 Å². The van der Waals surface area contributed by atoms with Crippen molar-refractivity contribution in [2.45, 2.75) is 6.04 Å². The summed E-state index contributed by atoms with van der Waals surface area (Å²) in [6.07, 6.45) is 4.59. The Morgan fingerprint density at radius 3 is 2.61 bits per heavy atom. The van der Waals surface area contributed by atoms with Crippen molar-refractivity contribution in [3.8, 4) is 6.07 Å². The second-order valence-corrected chi connectivity index (χ2v) is 4.75. The molecule has 0 fully saturated rings. The number of hydrogen-bond acceptors (Lipinski definition) is 5. The first kappa shape index (κ1) is 14.6. The topological polar surface area (TPSA) is 74.5 Å². The van der Waals surface area contributed by atoms with Gasteiger partial charge in [-0.3, -0.25) is 4.98 Å². The van der Waals surface area contributed by atoms with Crippen LogP contribution in [-0.2, 0) is 0 Å². The van der Waals surface area contributed by atoms with Crippen molar-refractivity contribution in [3.05, 3.63) is 83.8 Å². The lowest BCUT2D eigenvalue weighted by molar-refractivity contribution is 0.624. The van der Waals surface area contributed by atoms with E-state index in [2.05, 4.69) is 20.3 Å². The predicted molar refractivity (Wildman–Crippen MR) is 82.8 cm³/mol. The molecule has 23 heavy (non-hydrogen) atoms. The highest BCUT2D eigenvalue weighted by Gasteiger charge is 2.18. The lowest BCUT2D eigenvalue weighted by Gasteiger charge is -2.19. The summed E-state index contributed by atoms with van der Waals surface area (Å²) in [4.78, 5) is 12.4. The highest BCUT2D eigenvalue weighted by atomic mass is 19.1. The Labute approximate surface area is 132 Å². The number of rotatable bonds is 4. The Balaban J connectivity index is 2.04. The molecule has 0 aliphatic heterocycles. The minimum atomic E-state index is -0.448. The third-order valence-electron chi connectivity index (χ3n) is 3.25. The monoisotopic (exact) mass is 305 g/mol. The molecule has 1 aromatic carbocycles. The fraction of sp³-hybridized carbons (Fsp3) is 0.0588. The standard InChI is InChI=1S/C17H12FN5/c18-13-5-3-4-12(10-13)16(14-6-1-2-7-20-14)23-17-15(11-19)21-8-9-22-17/h1-10,16H,(H,22,23)/t16-/m0/s1. The van der Waals surface area contributed by atoms with Gasteiger partial charge in [0.15, 0.2) is 11.5 Å². The van der Waals surface area contributed by atoms with Crippen LogP contribution in [0.25, 0.3) is 0 Å². The molecule has 5 nitrogen and oxygen atoms in total. The van der Waals surface area contributed by atoms with Crippen molar-refractivity contribution in [1.82, 2.24) is 15.0 Å². The molecule has 0 unspecified atom stereocenters. The number of anilines is 1. The van der Waals surface area contributed by atoms with Crippen molar-refractivity contribution in [3.63, 3.8) is 0 Å². The number of nitrogens with zero attached hydrogens (tertiary/aromatic N) is 4. The van der Waals surface area contributed by atoms with Crippen LogP contribution in [0.15, 0.2) is 61.1 Å². The number of pyridine rings is 1. The van der Waals surface area contributed by atoms with Crippen LogP contribution < -0.4 is 5.32 Å². The molecule has 0 spiro atoms. The second kappa shape index (κ2) is 6.62. The van der Waals surface area contributed by atoms with Crippen molar-refractivity contribution < 1.29 is 4.39 Å². The summed E-state index contributed by atoms with van der Waals surface area (Å²) in [5.74, 6) is -0.0141.